The van der Waals surface area contributed by atoms with E-state index in [9.17, 15) is 0 Å². The van der Waals surface area contributed by atoms with Gasteiger partial charge in [-0.3, -0.25) is 4.98 Å². The molecule has 3 heteroatoms. The van der Waals surface area contributed by atoms with Gasteiger partial charge in [0.2, 0.25) is 0 Å². The van der Waals surface area contributed by atoms with E-state index in [4.69, 9.17) is 0 Å². The second kappa shape index (κ2) is 5.61. The first-order valence-electron chi connectivity index (χ1n) is 6.53. The minimum absolute atomic E-state index is 0.145. The molecule has 1 aromatic rings. The summed E-state index contributed by atoms with van der Waals surface area (Å²) in [6, 6.07) is 4.80. The molecule has 0 aliphatic carbocycles. The van der Waals surface area contributed by atoms with Crippen LogP contribution in [-0.4, -0.2) is 30.7 Å². The zero-order valence-corrected chi connectivity index (χ0v) is 10.9. The lowest BCUT2D eigenvalue weighted by Crippen LogP contribution is -2.47. The first kappa shape index (κ1) is 12.5. The van der Waals surface area contributed by atoms with Crippen molar-refractivity contribution < 1.29 is 0 Å². The van der Waals surface area contributed by atoms with Crippen molar-refractivity contribution in [1.29, 1.82) is 0 Å². The molecule has 17 heavy (non-hydrogen) atoms. The maximum Gasteiger partial charge on any atom is 0.0305 e. The van der Waals surface area contributed by atoms with Crippen molar-refractivity contribution in [3.05, 3.63) is 30.1 Å². The number of nitrogens with zero attached hydrogens (tertiary/aromatic N) is 1. The molecule has 1 unspecified atom stereocenters. The summed E-state index contributed by atoms with van der Waals surface area (Å²) >= 11 is 0. The molecule has 3 nitrogen and oxygen atoms in total. The summed E-state index contributed by atoms with van der Waals surface area (Å²) in [6.45, 7) is 7.82. The van der Waals surface area contributed by atoms with Gasteiger partial charge in [0.25, 0.3) is 0 Å². The number of rotatable bonds is 4. The van der Waals surface area contributed by atoms with Crippen LogP contribution < -0.4 is 10.6 Å². The van der Waals surface area contributed by atoms with E-state index < -0.39 is 0 Å². The van der Waals surface area contributed by atoms with Gasteiger partial charge in [0.1, 0.15) is 0 Å². The molecule has 1 saturated heterocycles. The Bertz CT molecular complexity index is 329. The largest absolute Gasteiger partial charge is 0.315 e. The van der Waals surface area contributed by atoms with E-state index in [1.807, 2.05) is 18.5 Å². The monoisotopic (exact) mass is 233 g/mol. The number of aromatic nitrogens is 1. The predicted octanol–water partition coefficient (Wildman–Crippen LogP) is 1.70. The summed E-state index contributed by atoms with van der Waals surface area (Å²) in [7, 11) is 0. The first-order chi connectivity index (χ1) is 8.18. The Morgan fingerprint density at radius 1 is 1.53 bits per heavy atom. The lowest BCUT2D eigenvalue weighted by molar-refractivity contribution is 0.354. The zero-order valence-electron chi connectivity index (χ0n) is 10.9. The van der Waals surface area contributed by atoms with Gasteiger partial charge in [-0.25, -0.2) is 0 Å². The Kier molecular flexibility index (Phi) is 4.13. The van der Waals surface area contributed by atoms with E-state index in [0.29, 0.717) is 6.04 Å². The van der Waals surface area contributed by atoms with Crippen molar-refractivity contribution in [2.75, 3.05) is 19.6 Å². The molecule has 2 rings (SSSR count). The van der Waals surface area contributed by atoms with Crippen molar-refractivity contribution in [2.45, 2.75) is 38.1 Å². The smallest absolute Gasteiger partial charge is 0.0305 e. The van der Waals surface area contributed by atoms with Gasteiger partial charge in [-0.05, 0) is 31.0 Å². The van der Waals surface area contributed by atoms with Crippen LogP contribution in [0.15, 0.2) is 24.5 Å². The normalized spacial score (nSPS) is 21.4. The third kappa shape index (κ3) is 3.51. The van der Waals surface area contributed by atoms with Gasteiger partial charge in [0.05, 0.1) is 0 Å². The SMILES string of the molecule is CC(C)(CNC1CCCNC1)c1cccnc1. The van der Waals surface area contributed by atoms with Gasteiger partial charge in [0, 0.05) is 36.9 Å². The van der Waals surface area contributed by atoms with Crippen LogP contribution in [0.3, 0.4) is 0 Å². The van der Waals surface area contributed by atoms with E-state index in [0.717, 1.165) is 13.1 Å². The Labute approximate surface area is 104 Å². The fourth-order valence-corrected chi connectivity index (χ4v) is 2.29. The van der Waals surface area contributed by atoms with E-state index in [1.165, 1.54) is 24.9 Å². The summed E-state index contributed by atoms with van der Waals surface area (Å²) in [5.41, 5.74) is 1.45. The van der Waals surface area contributed by atoms with Crippen LogP contribution in [0.4, 0.5) is 0 Å². The standard InChI is InChI=1S/C14H23N3/c1-14(2,12-5-3-7-15-9-12)11-17-13-6-4-8-16-10-13/h3,5,7,9,13,16-17H,4,6,8,10-11H2,1-2H3. The fraction of sp³-hybridized carbons (Fsp3) is 0.643. The van der Waals surface area contributed by atoms with E-state index in [1.54, 1.807) is 0 Å². The van der Waals surface area contributed by atoms with Crippen molar-refractivity contribution in [2.24, 2.45) is 0 Å². The highest BCUT2D eigenvalue weighted by Gasteiger charge is 2.22. The fourth-order valence-electron chi connectivity index (χ4n) is 2.29. The van der Waals surface area contributed by atoms with Crippen LogP contribution in [0.2, 0.25) is 0 Å². The van der Waals surface area contributed by atoms with Crippen LogP contribution in [-0.2, 0) is 5.41 Å². The van der Waals surface area contributed by atoms with Crippen molar-refractivity contribution in [3.63, 3.8) is 0 Å². The molecule has 1 aromatic heterocycles. The molecule has 0 amide bonds. The molecule has 1 aliphatic heterocycles. The number of hydrogen-bond acceptors (Lipinski definition) is 3. The second-order valence-electron chi connectivity index (χ2n) is 5.55. The van der Waals surface area contributed by atoms with Gasteiger partial charge in [-0.15, -0.1) is 0 Å². The maximum atomic E-state index is 4.21. The molecule has 0 spiro atoms. The summed E-state index contributed by atoms with van der Waals surface area (Å²) in [5.74, 6) is 0. The van der Waals surface area contributed by atoms with E-state index in [2.05, 4.69) is 35.5 Å². The quantitative estimate of drug-likeness (QED) is 0.831. The number of piperidine rings is 1. The van der Waals surface area contributed by atoms with Gasteiger partial charge in [-0.1, -0.05) is 19.9 Å². The van der Waals surface area contributed by atoms with Crippen molar-refractivity contribution in [3.8, 4) is 0 Å². The topological polar surface area (TPSA) is 37.0 Å². The Hall–Kier alpha value is -0.930. The molecular weight excluding hydrogens is 210 g/mol. The second-order valence-corrected chi connectivity index (χ2v) is 5.55. The number of pyridine rings is 1. The van der Waals surface area contributed by atoms with Crippen LogP contribution in [0.25, 0.3) is 0 Å². The summed E-state index contributed by atoms with van der Waals surface area (Å²) in [5, 5.41) is 7.11. The molecular formula is C14H23N3. The number of nitrogens with one attached hydrogen (secondary N) is 2. The molecule has 0 bridgehead atoms. The molecule has 0 aromatic carbocycles. The summed E-state index contributed by atoms with van der Waals surface area (Å²) in [6.07, 6.45) is 6.37. The first-order valence-corrected chi connectivity index (χ1v) is 6.53. The van der Waals surface area contributed by atoms with E-state index >= 15 is 0 Å². The highest BCUT2D eigenvalue weighted by Crippen LogP contribution is 2.21. The molecule has 1 aliphatic rings. The van der Waals surface area contributed by atoms with Gasteiger partial charge < -0.3 is 10.6 Å². The van der Waals surface area contributed by atoms with Crippen molar-refractivity contribution >= 4 is 0 Å². The van der Waals surface area contributed by atoms with Gasteiger partial charge in [-0.2, -0.15) is 0 Å². The molecule has 94 valence electrons. The van der Waals surface area contributed by atoms with E-state index in [-0.39, 0.29) is 5.41 Å². The highest BCUT2D eigenvalue weighted by molar-refractivity contribution is 5.20. The minimum Gasteiger partial charge on any atom is -0.315 e. The Balaban J connectivity index is 1.88. The van der Waals surface area contributed by atoms with Gasteiger partial charge >= 0.3 is 0 Å². The average molecular weight is 233 g/mol. The third-order valence-electron chi connectivity index (χ3n) is 3.57. The molecule has 0 saturated carbocycles. The summed E-state index contributed by atoms with van der Waals surface area (Å²) in [4.78, 5) is 4.21. The molecule has 1 atom stereocenters. The van der Waals surface area contributed by atoms with Crippen LogP contribution in [0.5, 0.6) is 0 Å². The maximum absolute atomic E-state index is 4.21. The highest BCUT2D eigenvalue weighted by atomic mass is 15.0. The average Bonchev–Trinajstić information content (AvgIpc) is 2.39. The van der Waals surface area contributed by atoms with Gasteiger partial charge in [0.15, 0.2) is 0 Å². The van der Waals surface area contributed by atoms with Crippen LogP contribution in [0, 0.1) is 0 Å². The lowest BCUT2D eigenvalue weighted by atomic mass is 9.85. The Morgan fingerprint density at radius 3 is 3.06 bits per heavy atom. The third-order valence-corrected chi connectivity index (χ3v) is 3.57. The number of hydrogen-bond donors (Lipinski definition) is 2. The summed E-state index contributed by atoms with van der Waals surface area (Å²) < 4.78 is 0. The van der Waals surface area contributed by atoms with Crippen LogP contribution in [0.1, 0.15) is 32.3 Å². The molecule has 2 heterocycles. The molecule has 2 N–H and O–H groups in total. The van der Waals surface area contributed by atoms with Crippen LogP contribution >= 0.6 is 0 Å². The predicted molar refractivity (Wildman–Crippen MR) is 71.2 cm³/mol. The Morgan fingerprint density at radius 2 is 2.41 bits per heavy atom. The molecule has 0 radical (unpaired) electrons. The lowest BCUT2D eigenvalue weighted by Gasteiger charge is -2.30. The zero-order chi connectivity index (χ0) is 12.1. The minimum atomic E-state index is 0.145. The van der Waals surface area contributed by atoms with Crippen molar-refractivity contribution in [1.82, 2.24) is 15.6 Å². The molecule has 1 fully saturated rings.